The average Bonchev–Trinajstić information content (AvgIpc) is 3.28. The second-order valence-corrected chi connectivity index (χ2v) is 10.6. The molecular formula is C32H36F3N3O3. The molecule has 1 heterocycles. The molecule has 0 bridgehead atoms. The van der Waals surface area contributed by atoms with Crippen LogP contribution in [0, 0.1) is 0 Å². The number of alkyl halides is 3. The van der Waals surface area contributed by atoms with Crippen molar-refractivity contribution in [3.8, 4) is 22.6 Å². The SMILES string of the molecule is COc1ccc(N2CCN(CCCCC3(C(=O)NCC(F)(F)F)c4ccccc4-c4ccccc43)CC2)c(OC)c1. The van der Waals surface area contributed by atoms with Gasteiger partial charge in [-0.1, -0.05) is 55.0 Å². The van der Waals surface area contributed by atoms with Gasteiger partial charge in [0.25, 0.3) is 0 Å². The standard InChI is InChI=1S/C32H36F3N3O3/c1-40-23-13-14-28(29(21-23)41-2)38-19-17-37(18-20-38)16-8-7-15-31(30(39)36-22-32(33,34)35)26-11-5-3-9-24(26)25-10-4-6-12-27(25)31/h3-6,9-14,21H,7-8,15-20,22H2,1-2H3,(H,36,39). The number of anilines is 1. The molecule has 0 atom stereocenters. The fraction of sp³-hybridized carbons (Fsp3) is 0.406. The molecule has 3 aromatic rings. The molecule has 0 radical (unpaired) electrons. The van der Waals surface area contributed by atoms with Gasteiger partial charge >= 0.3 is 6.18 Å². The number of methoxy groups -OCH3 is 2. The van der Waals surface area contributed by atoms with Crippen molar-refractivity contribution in [2.45, 2.75) is 30.9 Å². The van der Waals surface area contributed by atoms with Crippen molar-refractivity contribution >= 4 is 11.6 Å². The van der Waals surface area contributed by atoms with Crippen molar-refractivity contribution in [1.29, 1.82) is 0 Å². The Morgan fingerprint density at radius 3 is 2.10 bits per heavy atom. The van der Waals surface area contributed by atoms with Crippen LogP contribution in [-0.4, -0.2) is 70.5 Å². The van der Waals surface area contributed by atoms with Gasteiger partial charge in [0.05, 0.1) is 19.9 Å². The Labute approximate surface area is 239 Å². The number of fused-ring (bicyclic) bond motifs is 3. The molecular weight excluding hydrogens is 531 g/mol. The molecule has 2 aliphatic rings. The first-order chi connectivity index (χ1) is 19.8. The number of ether oxygens (including phenoxy) is 2. The molecule has 41 heavy (non-hydrogen) atoms. The number of nitrogens with zero attached hydrogens (tertiary/aromatic N) is 2. The maximum Gasteiger partial charge on any atom is 0.405 e. The number of hydrogen-bond donors (Lipinski definition) is 1. The third-order valence-electron chi connectivity index (χ3n) is 8.28. The molecule has 1 aliphatic heterocycles. The van der Waals surface area contributed by atoms with E-state index in [4.69, 9.17) is 9.47 Å². The molecule has 6 nitrogen and oxygen atoms in total. The minimum Gasteiger partial charge on any atom is -0.497 e. The third-order valence-corrected chi connectivity index (χ3v) is 8.28. The molecule has 5 rings (SSSR count). The number of amides is 1. The molecule has 1 saturated heterocycles. The van der Waals surface area contributed by atoms with Crippen LogP contribution in [0.25, 0.3) is 11.1 Å². The Balaban J connectivity index is 1.25. The van der Waals surface area contributed by atoms with Crippen LogP contribution < -0.4 is 19.7 Å². The molecule has 9 heteroatoms. The molecule has 1 amide bonds. The Morgan fingerprint density at radius 2 is 1.51 bits per heavy atom. The van der Waals surface area contributed by atoms with E-state index >= 15 is 0 Å². The second kappa shape index (κ2) is 12.0. The van der Waals surface area contributed by atoms with E-state index in [2.05, 4.69) is 15.1 Å². The molecule has 0 unspecified atom stereocenters. The van der Waals surface area contributed by atoms with Crippen LogP contribution in [-0.2, 0) is 10.2 Å². The predicted molar refractivity (Wildman–Crippen MR) is 154 cm³/mol. The van der Waals surface area contributed by atoms with Gasteiger partial charge < -0.3 is 19.7 Å². The Kier molecular flexibility index (Phi) is 8.45. The maximum atomic E-state index is 13.7. The molecule has 0 spiro atoms. The van der Waals surface area contributed by atoms with Gasteiger partial charge in [-0.05, 0) is 53.8 Å². The van der Waals surface area contributed by atoms with E-state index in [9.17, 15) is 18.0 Å². The van der Waals surface area contributed by atoms with Crippen LogP contribution in [0.1, 0.15) is 30.4 Å². The molecule has 3 aromatic carbocycles. The first-order valence-electron chi connectivity index (χ1n) is 14.0. The number of hydrogen-bond acceptors (Lipinski definition) is 5. The number of rotatable bonds is 10. The van der Waals surface area contributed by atoms with Gasteiger partial charge in [0.1, 0.15) is 23.5 Å². The highest BCUT2D eigenvalue weighted by molar-refractivity contribution is 6.00. The van der Waals surface area contributed by atoms with Gasteiger partial charge in [0, 0.05) is 32.2 Å². The summed E-state index contributed by atoms with van der Waals surface area (Å²) >= 11 is 0. The summed E-state index contributed by atoms with van der Waals surface area (Å²) in [4.78, 5) is 18.4. The van der Waals surface area contributed by atoms with E-state index in [1.165, 1.54) is 0 Å². The van der Waals surface area contributed by atoms with E-state index < -0.39 is 24.0 Å². The highest BCUT2D eigenvalue weighted by Gasteiger charge is 2.49. The molecule has 0 saturated carbocycles. The first-order valence-corrected chi connectivity index (χ1v) is 14.0. The van der Waals surface area contributed by atoms with Crippen molar-refractivity contribution in [2.75, 3.05) is 58.4 Å². The van der Waals surface area contributed by atoms with Gasteiger partial charge in [0.15, 0.2) is 0 Å². The third kappa shape index (κ3) is 5.86. The lowest BCUT2D eigenvalue weighted by atomic mass is 9.73. The van der Waals surface area contributed by atoms with E-state index in [1.807, 2.05) is 66.7 Å². The fourth-order valence-electron chi connectivity index (χ4n) is 6.27. The van der Waals surface area contributed by atoms with E-state index in [1.54, 1.807) is 14.2 Å². The summed E-state index contributed by atoms with van der Waals surface area (Å²) in [6, 6.07) is 21.0. The Bertz CT molecular complexity index is 1320. The highest BCUT2D eigenvalue weighted by Crippen LogP contribution is 2.51. The van der Waals surface area contributed by atoms with E-state index in [0.717, 1.165) is 78.6 Å². The quantitative estimate of drug-likeness (QED) is 0.322. The van der Waals surface area contributed by atoms with Crippen LogP contribution in [0.15, 0.2) is 66.7 Å². The van der Waals surface area contributed by atoms with Gasteiger partial charge in [-0.15, -0.1) is 0 Å². The maximum absolute atomic E-state index is 13.7. The summed E-state index contributed by atoms with van der Waals surface area (Å²) < 4.78 is 50.2. The summed E-state index contributed by atoms with van der Waals surface area (Å²) in [5.41, 5.74) is 3.28. The second-order valence-electron chi connectivity index (χ2n) is 10.6. The number of carbonyl (C=O) groups is 1. The van der Waals surface area contributed by atoms with Crippen LogP contribution >= 0.6 is 0 Å². The minimum absolute atomic E-state index is 0.438. The van der Waals surface area contributed by atoms with Gasteiger partial charge in [-0.3, -0.25) is 9.69 Å². The highest BCUT2D eigenvalue weighted by atomic mass is 19.4. The van der Waals surface area contributed by atoms with Crippen LogP contribution in [0.3, 0.4) is 0 Å². The number of benzene rings is 3. The average molecular weight is 568 g/mol. The van der Waals surface area contributed by atoms with Crippen LogP contribution in [0.2, 0.25) is 0 Å². The smallest absolute Gasteiger partial charge is 0.405 e. The lowest BCUT2D eigenvalue weighted by Crippen LogP contribution is -2.47. The van der Waals surface area contributed by atoms with E-state index in [-0.39, 0.29) is 0 Å². The van der Waals surface area contributed by atoms with Crippen LogP contribution in [0.5, 0.6) is 11.5 Å². The Hall–Kier alpha value is -3.72. The van der Waals surface area contributed by atoms with Gasteiger partial charge in [-0.25, -0.2) is 0 Å². The first kappa shape index (κ1) is 28.8. The normalized spacial score (nSPS) is 16.2. The van der Waals surface area contributed by atoms with Gasteiger partial charge in [-0.2, -0.15) is 13.2 Å². The van der Waals surface area contributed by atoms with Crippen molar-refractivity contribution in [3.05, 3.63) is 77.9 Å². The van der Waals surface area contributed by atoms with Crippen molar-refractivity contribution in [3.63, 3.8) is 0 Å². The Morgan fingerprint density at radius 1 is 0.878 bits per heavy atom. The summed E-state index contributed by atoms with van der Waals surface area (Å²) in [6.07, 6.45) is -2.50. The molecule has 218 valence electrons. The van der Waals surface area contributed by atoms with Crippen molar-refractivity contribution in [2.24, 2.45) is 0 Å². The predicted octanol–water partition coefficient (Wildman–Crippen LogP) is 5.64. The summed E-state index contributed by atoms with van der Waals surface area (Å²) in [7, 11) is 3.29. The summed E-state index contributed by atoms with van der Waals surface area (Å²) in [5, 5.41) is 2.22. The zero-order chi connectivity index (χ0) is 29.0. The van der Waals surface area contributed by atoms with E-state index in [0.29, 0.717) is 12.8 Å². The largest absolute Gasteiger partial charge is 0.497 e. The minimum atomic E-state index is -4.48. The number of nitrogens with one attached hydrogen (secondary N) is 1. The molecule has 1 N–H and O–H groups in total. The van der Waals surface area contributed by atoms with Gasteiger partial charge in [0.2, 0.25) is 5.91 Å². The zero-order valence-corrected chi connectivity index (χ0v) is 23.5. The van der Waals surface area contributed by atoms with Crippen molar-refractivity contribution in [1.82, 2.24) is 10.2 Å². The number of unbranched alkanes of at least 4 members (excludes halogenated alkanes) is 1. The monoisotopic (exact) mass is 567 g/mol. The summed E-state index contributed by atoms with van der Waals surface area (Å²) in [6.45, 7) is 2.99. The summed E-state index contributed by atoms with van der Waals surface area (Å²) in [5.74, 6) is 0.944. The topological polar surface area (TPSA) is 54.0 Å². The molecule has 1 aliphatic carbocycles. The fourth-order valence-corrected chi connectivity index (χ4v) is 6.27. The molecule has 0 aromatic heterocycles. The number of halogens is 3. The lowest BCUT2D eigenvalue weighted by molar-refractivity contribution is -0.141. The number of piperazine rings is 1. The number of carbonyl (C=O) groups excluding carboxylic acids is 1. The molecule has 1 fully saturated rings. The zero-order valence-electron chi connectivity index (χ0n) is 23.5. The van der Waals surface area contributed by atoms with Crippen molar-refractivity contribution < 1.29 is 27.4 Å². The lowest BCUT2D eigenvalue weighted by Gasteiger charge is -2.37. The van der Waals surface area contributed by atoms with Crippen LogP contribution in [0.4, 0.5) is 18.9 Å².